The van der Waals surface area contributed by atoms with Gasteiger partial charge in [0.1, 0.15) is 6.04 Å². The fraction of sp³-hybridized carbons (Fsp3) is 0.750. The minimum Gasteiger partial charge on any atom is -0.481 e. The summed E-state index contributed by atoms with van der Waals surface area (Å²) in [5.74, 6) is -2.46. The molecule has 8 nitrogen and oxygen atoms in total. The Balaban J connectivity index is 2.79. The standard InChI is InChI=1S/C8H15N3O5S/c9-8(14)6-5-10-2-3-11(6)17(15,16)4-1-7(12)13/h6,10H,1-5H2,(H2,9,14)(H,12,13). The number of nitrogens with two attached hydrogens (primary N) is 1. The molecule has 1 aliphatic heterocycles. The summed E-state index contributed by atoms with van der Waals surface area (Å²) in [4.78, 5) is 21.5. The number of carbonyl (C=O) groups is 2. The molecular formula is C8H15N3O5S. The van der Waals surface area contributed by atoms with Crippen molar-refractivity contribution in [3.63, 3.8) is 0 Å². The van der Waals surface area contributed by atoms with Crippen molar-refractivity contribution in [3.8, 4) is 0 Å². The van der Waals surface area contributed by atoms with Gasteiger partial charge in [-0.15, -0.1) is 0 Å². The van der Waals surface area contributed by atoms with Crippen LogP contribution in [0.4, 0.5) is 0 Å². The lowest BCUT2D eigenvalue weighted by Gasteiger charge is -2.32. The summed E-state index contributed by atoms with van der Waals surface area (Å²) in [5, 5.41) is 11.3. The molecule has 0 aliphatic carbocycles. The maximum absolute atomic E-state index is 11.8. The SMILES string of the molecule is NC(=O)C1CNCCN1S(=O)(=O)CCC(=O)O. The number of nitrogens with zero attached hydrogens (tertiary/aromatic N) is 1. The summed E-state index contributed by atoms with van der Waals surface area (Å²) < 4.78 is 24.6. The molecule has 1 amide bonds. The molecule has 17 heavy (non-hydrogen) atoms. The van der Waals surface area contributed by atoms with Gasteiger partial charge in [-0.25, -0.2) is 8.42 Å². The summed E-state index contributed by atoms with van der Waals surface area (Å²) >= 11 is 0. The Bertz CT molecular complexity index is 407. The normalized spacial score (nSPS) is 22.2. The predicted molar refractivity (Wildman–Crippen MR) is 58.6 cm³/mol. The minimum atomic E-state index is -3.76. The van der Waals surface area contributed by atoms with E-state index in [1.54, 1.807) is 0 Å². The van der Waals surface area contributed by atoms with E-state index in [4.69, 9.17) is 10.8 Å². The van der Waals surface area contributed by atoms with Crippen LogP contribution in [0.5, 0.6) is 0 Å². The summed E-state index contributed by atoms with van der Waals surface area (Å²) in [5.41, 5.74) is 5.11. The number of hydrogen-bond acceptors (Lipinski definition) is 5. The Kier molecular flexibility index (Phi) is 4.43. The van der Waals surface area contributed by atoms with Crippen molar-refractivity contribution < 1.29 is 23.1 Å². The number of carboxylic acid groups (broad SMARTS) is 1. The number of carboxylic acids is 1. The highest BCUT2D eigenvalue weighted by atomic mass is 32.2. The quantitative estimate of drug-likeness (QED) is 0.506. The number of amides is 1. The van der Waals surface area contributed by atoms with Gasteiger partial charge in [-0.1, -0.05) is 0 Å². The van der Waals surface area contributed by atoms with E-state index in [1.165, 1.54) is 0 Å². The van der Waals surface area contributed by atoms with E-state index in [1.807, 2.05) is 0 Å². The second kappa shape index (κ2) is 5.43. The lowest BCUT2D eigenvalue weighted by Crippen LogP contribution is -2.59. The average Bonchev–Trinajstić information content (AvgIpc) is 2.26. The van der Waals surface area contributed by atoms with Gasteiger partial charge in [0, 0.05) is 19.6 Å². The first-order valence-corrected chi connectivity index (χ1v) is 6.67. The molecule has 0 aromatic rings. The van der Waals surface area contributed by atoms with E-state index in [2.05, 4.69) is 5.32 Å². The number of sulfonamides is 1. The average molecular weight is 265 g/mol. The number of nitrogens with one attached hydrogen (secondary N) is 1. The molecule has 1 unspecified atom stereocenters. The number of piperazine rings is 1. The van der Waals surface area contributed by atoms with Crippen LogP contribution >= 0.6 is 0 Å². The van der Waals surface area contributed by atoms with E-state index in [-0.39, 0.29) is 13.1 Å². The maximum Gasteiger partial charge on any atom is 0.304 e. The second-order valence-corrected chi connectivity index (χ2v) is 5.73. The van der Waals surface area contributed by atoms with Crippen LogP contribution in [0.3, 0.4) is 0 Å². The molecule has 1 atom stereocenters. The Morgan fingerprint density at radius 2 is 2.12 bits per heavy atom. The predicted octanol–water partition coefficient (Wildman–Crippen LogP) is -2.45. The molecule has 4 N–H and O–H groups in total. The summed E-state index contributed by atoms with van der Waals surface area (Å²) in [6.07, 6.45) is -0.488. The maximum atomic E-state index is 11.8. The fourth-order valence-corrected chi connectivity index (χ4v) is 3.20. The van der Waals surface area contributed by atoms with Gasteiger partial charge in [0.05, 0.1) is 12.2 Å². The van der Waals surface area contributed by atoms with E-state index < -0.39 is 40.1 Å². The Morgan fingerprint density at radius 1 is 1.47 bits per heavy atom. The topological polar surface area (TPSA) is 130 Å². The third kappa shape index (κ3) is 3.65. The number of aliphatic carboxylic acids is 1. The van der Waals surface area contributed by atoms with Crippen LogP contribution in [0.15, 0.2) is 0 Å². The van der Waals surface area contributed by atoms with Crippen LogP contribution in [0.25, 0.3) is 0 Å². The molecule has 1 fully saturated rings. The molecule has 1 saturated heterocycles. The largest absolute Gasteiger partial charge is 0.481 e. The lowest BCUT2D eigenvalue weighted by molar-refractivity contribution is -0.136. The number of rotatable bonds is 5. The second-order valence-electron chi connectivity index (χ2n) is 3.69. The van der Waals surface area contributed by atoms with Gasteiger partial charge in [0.2, 0.25) is 15.9 Å². The van der Waals surface area contributed by atoms with E-state index >= 15 is 0 Å². The summed E-state index contributed by atoms with van der Waals surface area (Å²) in [7, 11) is -3.76. The lowest BCUT2D eigenvalue weighted by atomic mass is 10.2. The highest BCUT2D eigenvalue weighted by molar-refractivity contribution is 7.89. The van der Waals surface area contributed by atoms with Crippen LogP contribution < -0.4 is 11.1 Å². The van der Waals surface area contributed by atoms with Crippen LogP contribution in [0, 0.1) is 0 Å². The zero-order valence-corrected chi connectivity index (χ0v) is 9.94. The molecule has 1 rings (SSSR count). The van der Waals surface area contributed by atoms with Crippen molar-refractivity contribution in [2.75, 3.05) is 25.4 Å². The van der Waals surface area contributed by atoms with Crippen LogP contribution in [0.2, 0.25) is 0 Å². The zero-order chi connectivity index (χ0) is 13.1. The third-order valence-corrected chi connectivity index (χ3v) is 4.33. The Labute approximate surface area is 98.8 Å². The van der Waals surface area contributed by atoms with Gasteiger partial charge < -0.3 is 16.2 Å². The van der Waals surface area contributed by atoms with Crippen molar-refractivity contribution in [1.82, 2.24) is 9.62 Å². The molecule has 1 aliphatic rings. The van der Waals surface area contributed by atoms with Gasteiger partial charge in [0.25, 0.3) is 0 Å². The van der Waals surface area contributed by atoms with E-state index in [0.29, 0.717) is 6.54 Å². The summed E-state index contributed by atoms with van der Waals surface area (Å²) in [6, 6.07) is -0.942. The van der Waals surface area contributed by atoms with Crippen LogP contribution in [-0.2, 0) is 19.6 Å². The first kappa shape index (κ1) is 13.9. The van der Waals surface area contributed by atoms with Crippen LogP contribution in [-0.4, -0.2) is 61.1 Å². The molecule has 98 valence electrons. The van der Waals surface area contributed by atoms with Crippen molar-refractivity contribution in [2.24, 2.45) is 5.73 Å². The molecule has 0 aromatic heterocycles. The summed E-state index contributed by atoms with van der Waals surface area (Å²) in [6.45, 7) is 0.688. The van der Waals surface area contributed by atoms with E-state index in [0.717, 1.165) is 4.31 Å². The first-order chi connectivity index (χ1) is 7.84. The monoisotopic (exact) mass is 265 g/mol. The highest BCUT2D eigenvalue weighted by Crippen LogP contribution is 2.11. The first-order valence-electron chi connectivity index (χ1n) is 5.06. The van der Waals surface area contributed by atoms with E-state index in [9.17, 15) is 18.0 Å². The molecular weight excluding hydrogens is 250 g/mol. The molecule has 0 aromatic carbocycles. The number of hydrogen-bond donors (Lipinski definition) is 3. The van der Waals surface area contributed by atoms with Crippen molar-refractivity contribution >= 4 is 21.9 Å². The van der Waals surface area contributed by atoms with Crippen LogP contribution in [0.1, 0.15) is 6.42 Å². The van der Waals surface area contributed by atoms with Crippen molar-refractivity contribution in [3.05, 3.63) is 0 Å². The molecule has 0 spiro atoms. The Morgan fingerprint density at radius 3 is 2.65 bits per heavy atom. The zero-order valence-electron chi connectivity index (χ0n) is 9.13. The van der Waals surface area contributed by atoms with Gasteiger partial charge >= 0.3 is 5.97 Å². The molecule has 9 heteroatoms. The molecule has 1 heterocycles. The fourth-order valence-electron chi connectivity index (χ4n) is 1.59. The minimum absolute atomic E-state index is 0.121. The smallest absolute Gasteiger partial charge is 0.304 e. The molecule has 0 bridgehead atoms. The van der Waals surface area contributed by atoms with Gasteiger partial charge in [0.15, 0.2) is 0 Å². The molecule has 0 saturated carbocycles. The number of carbonyl (C=O) groups excluding carboxylic acids is 1. The van der Waals surface area contributed by atoms with Gasteiger partial charge in [-0.3, -0.25) is 9.59 Å². The number of primary amides is 1. The van der Waals surface area contributed by atoms with Gasteiger partial charge in [-0.05, 0) is 0 Å². The molecule has 0 radical (unpaired) electrons. The Hall–Kier alpha value is -1.19. The van der Waals surface area contributed by atoms with Crippen molar-refractivity contribution in [1.29, 1.82) is 0 Å². The van der Waals surface area contributed by atoms with Crippen molar-refractivity contribution in [2.45, 2.75) is 12.5 Å². The van der Waals surface area contributed by atoms with Gasteiger partial charge in [-0.2, -0.15) is 4.31 Å². The third-order valence-electron chi connectivity index (χ3n) is 2.45. The highest BCUT2D eigenvalue weighted by Gasteiger charge is 2.35.